The number of carbonyl (C=O) groups excluding carboxylic acids is 2. The Hall–Kier alpha value is -1.51. The van der Waals surface area contributed by atoms with E-state index in [-0.39, 0.29) is 25.6 Å². The van der Waals surface area contributed by atoms with Crippen molar-refractivity contribution in [1.82, 2.24) is 0 Å². The summed E-state index contributed by atoms with van der Waals surface area (Å²) in [6, 6.07) is 0. The normalized spacial score (nSPS) is 13.1. The molecule has 9 nitrogen and oxygen atoms in total. The molecule has 0 aliphatic carbocycles. The van der Waals surface area contributed by atoms with Crippen LogP contribution in [0.15, 0.2) is 24.3 Å². The molecule has 0 radical (unpaired) electrons. The minimum Gasteiger partial charge on any atom is -0.462 e. The number of hydrogen-bond acceptors (Lipinski definition) is 7. The smallest absolute Gasteiger partial charge is 0.462 e. The van der Waals surface area contributed by atoms with Crippen LogP contribution in [0.5, 0.6) is 0 Å². The van der Waals surface area contributed by atoms with Gasteiger partial charge in [0, 0.05) is 12.8 Å². The molecule has 0 saturated heterocycles. The summed E-state index contributed by atoms with van der Waals surface area (Å²) in [6.07, 6.45) is 87.5. The first-order valence-corrected chi connectivity index (χ1v) is 40.1. The van der Waals surface area contributed by atoms with Crippen molar-refractivity contribution in [3.8, 4) is 0 Å². The fourth-order valence-corrected chi connectivity index (χ4v) is 12.6. The predicted octanol–water partition coefficient (Wildman–Crippen LogP) is 25.2. The molecule has 0 aromatic heterocycles. The third-order valence-electron chi connectivity index (χ3n) is 17.7. The Kier molecular flexibility index (Phi) is 67.7. The summed E-state index contributed by atoms with van der Waals surface area (Å²) in [5.41, 5.74) is 0. The number of hydrogen-bond donors (Lipinski definition) is 1. The number of quaternary nitrogens is 1. The molecular weight excluding hydrogens is 1100 g/mol. The number of phosphoric acid groups is 1. The van der Waals surface area contributed by atoms with Crippen molar-refractivity contribution < 1.29 is 42.1 Å². The molecule has 87 heavy (non-hydrogen) atoms. The van der Waals surface area contributed by atoms with E-state index in [2.05, 4.69) is 38.2 Å². The lowest BCUT2D eigenvalue weighted by Gasteiger charge is -2.24. The molecule has 2 unspecified atom stereocenters. The Bertz CT molecular complexity index is 1510. The van der Waals surface area contributed by atoms with Crippen LogP contribution in [0.2, 0.25) is 0 Å². The maximum atomic E-state index is 12.9. The first kappa shape index (κ1) is 85.5. The van der Waals surface area contributed by atoms with E-state index >= 15 is 0 Å². The van der Waals surface area contributed by atoms with Crippen LogP contribution >= 0.6 is 7.82 Å². The van der Waals surface area contributed by atoms with Gasteiger partial charge >= 0.3 is 19.8 Å². The zero-order valence-electron chi connectivity index (χ0n) is 59.0. The van der Waals surface area contributed by atoms with Crippen molar-refractivity contribution in [1.29, 1.82) is 0 Å². The van der Waals surface area contributed by atoms with Crippen molar-refractivity contribution >= 4 is 19.8 Å². The highest BCUT2D eigenvalue weighted by atomic mass is 31.2. The fourth-order valence-electron chi connectivity index (χ4n) is 11.8. The van der Waals surface area contributed by atoms with E-state index in [0.717, 1.165) is 44.9 Å². The van der Waals surface area contributed by atoms with Gasteiger partial charge in [0.1, 0.15) is 19.8 Å². The number of ether oxygens (including phenoxy) is 2. The van der Waals surface area contributed by atoms with E-state index in [4.69, 9.17) is 18.5 Å². The average Bonchev–Trinajstić information content (AvgIpc) is 3.67. The molecule has 0 fully saturated rings. The van der Waals surface area contributed by atoms with E-state index in [0.29, 0.717) is 17.4 Å². The Morgan fingerprint density at radius 1 is 0.356 bits per heavy atom. The van der Waals surface area contributed by atoms with Gasteiger partial charge < -0.3 is 18.9 Å². The molecule has 0 aliphatic heterocycles. The number of rotatable bonds is 73. The molecule has 0 heterocycles. The van der Waals surface area contributed by atoms with Crippen LogP contribution in [0.4, 0.5) is 0 Å². The Balaban J connectivity index is 3.92. The number of esters is 2. The van der Waals surface area contributed by atoms with Crippen molar-refractivity contribution in [2.24, 2.45) is 0 Å². The van der Waals surface area contributed by atoms with E-state index < -0.39 is 26.5 Å². The largest absolute Gasteiger partial charge is 0.472 e. The summed E-state index contributed by atoms with van der Waals surface area (Å²) in [5, 5.41) is 0. The maximum absolute atomic E-state index is 12.9. The molecule has 0 aromatic carbocycles. The highest BCUT2D eigenvalue weighted by molar-refractivity contribution is 7.47. The molecule has 0 rings (SSSR count). The minimum absolute atomic E-state index is 0.0363. The molecule has 10 heteroatoms. The second-order valence-corrected chi connectivity index (χ2v) is 29.2. The predicted molar refractivity (Wildman–Crippen MR) is 377 cm³/mol. The standard InChI is InChI=1S/C77H150NO8P/c1-6-8-10-12-14-16-18-20-22-24-26-28-30-32-34-36-37-38-39-40-41-42-44-46-48-50-52-54-56-58-60-62-64-66-68-70-77(80)86-75(74-85-87(81,82)84-72-71-78(3,4)5)73-83-76(79)69-67-65-63-61-59-57-55-53-51-49-47-45-43-35-33-31-29-27-25-23-21-19-17-15-13-11-9-7-2/h18,20,24,26,75H,6-17,19,21-23,25,27-74H2,1-5H3/p+1/b20-18-,26-24-. The molecule has 1 N–H and O–H groups in total. The molecule has 0 aromatic rings. The van der Waals surface area contributed by atoms with Crippen LogP contribution in [0, 0.1) is 0 Å². The fraction of sp³-hybridized carbons (Fsp3) is 0.922. The zero-order chi connectivity index (χ0) is 63.4. The lowest BCUT2D eigenvalue weighted by molar-refractivity contribution is -0.870. The summed E-state index contributed by atoms with van der Waals surface area (Å²) in [6.45, 7) is 4.51. The second-order valence-electron chi connectivity index (χ2n) is 27.8. The van der Waals surface area contributed by atoms with Crippen LogP contribution in [0.3, 0.4) is 0 Å². The molecule has 0 aliphatic rings. The number of nitrogens with zero attached hydrogens (tertiary/aromatic N) is 1. The summed E-state index contributed by atoms with van der Waals surface area (Å²) in [4.78, 5) is 35.9. The molecule has 516 valence electrons. The van der Waals surface area contributed by atoms with Crippen LogP contribution in [-0.2, 0) is 32.7 Å². The molecule has 0 bridgehead atoms. The number of unbranched alkanes of at least 4 members (excludes halogenated alkanes) is 55. The van der Waals surface area contributed by atoms with Gasteiger partial charge in [-0.25, -0.2) is 4.57 Å². The third-order valence-corrected chi connectivity index (χ3v) is 18.7. The topological polar surface area (TPSA) is 108 Å². The van der Waals surface area contributed by atoms with Crippen LogP contribution in [0.25, 0.3) is 0 Å². The lowest BCUT2D eigenvalue weighted by atomic mass is 10.0. The van der Waals surface area contributed by atoms with E-state index in [1.165, 1.54) is 334 Å². The molecular formula is C77H151NO8P+. The maximum Gasteiger partial charge on any atom is 0.472 e. The highest BCUT2D eigenvalue weighted by Crippen LogP contribution is 2.43. The van der Waals surface area contributed by atoms with Crippen LogP contribution in [-0.4, -0.2) is 74.9 Å². The molecule has 0 amide bonds. The second kappa shape index (κ2) is 68.8. The van der Waals surface area contributed by atoms with Crippen LogP contribution < -0.4 is 0 Å². The number of likely N-dealkylation sites (N-methyl/N-ethyl adjacent to an activating group) is 1. The van der Waals surface area contributed by atoms with Gasteiger partial charge in [0.15, 0.2) is 6.10 Å². The first-order valence-electron chi connectivity index (χ1n) is 38.6. The van der Waals surface area contributed by atoms with Gasteiger partial charge in [0.2, 0.25) is 0 Å². The van der Waals surface area contributed by atoms with Crippen LogP contribution in [0.1, 0.15) is 406 Å². The average molecular weight is 1250 g/mol. The summed E-state index contributed by atoms with van der Waals surface area (Å²) in [7, 11) is 1.50. The Morgan fingerprint density at radius 3 is 0.908 bits per heavy atom. The highest BCUT2D eigenvalue weighted by Gasteiger charge is 2.27. The van der Waals surface area contributed by atoms with Crippen molar-refractivity contribution in [3.63, 3.8) is 0 Å². The van der Waals surface area contributed by atoms with Gasteiger partial charge in [-0.05, 0) is 44.9 Å². The lowest BCUT2D eigenvalue weighted by Crippen LogP contribution is -2.37. The van der Waals surface area contributed by atoms with Gasteiger partial charge in [-0.3, -0.25) is 18.6 Å². The van der Waals surface area contributed by atoms with Crippen molar-refractivity contribution in [2.45, 2.75) is 412 Å². The van der Waals surface area contributed by atoms with E-state index in [1.807, 2.05) is 21.1 Å². The third kappa shape index (κ3) is 73.4. The summed E-state index contributed by atoms with van der Waals surface area (Å²) in [5.74, 6) is -0.769. The zero-order valence-corrected chi connectivity index (χ0v) is 59.9. The number of carbonyl (C=O) groups is 2. The summed E-state index contributed by atoms with van der Waals surface area (Å²) < 4.78 is 34.8. The van der Waals surface area contributed by atoms with Gasteiger partial charge in [0.05, 0.1) is 27.7 Å². The number of phosphoric ester groups is 1. The first-order chi connectivity index (χ1) is 42.5. The minimum atomic E-state index is -4.39. The van der Waals surface area contributed by atoms with Gasteiger partial charge in [-0.15, -0.1) is 0 Å². The molecule has 2 atom stereocenters. The molecule has 0 saturated carbocycles. The van der Waals surface area contributed by atoms with Gasteiger partial charge in [0.25, 0.3) is 0 Å². The summed E-state index contributed by atoms with van der Waals surface area (Å²) >= 11 is 0. The Labute approximate surface area is 542 Å². The number of allylic oxidation sites excluding steroid dienone is 4. The Morgan fingerprint density at radius 2 is 0.621 bits per heavy atom. The van der Waals surface area contributed by atoms with Gasteiger partial charge in [-0.2, -0.15) is 0 Å². The van der Waals surface area contributed by atoms with E-state index in [9.17, 15) is 19.0 Å². The van der Waals surface area contributed by atoms with Crippen molar-refractivity contribution in [3.05, 3.63) is 24.3 Å². The van der Waals surface area contributed by atoms with Gasteiger partial charge in [-0.1, -0.05) is 372 Å². The molecule has 0 spiro atoms. The van der Waals surface area contributed by atoms with E-state index in [1.54, 1.807) is 0 Å². The SMILES string of the molecule is CCCCCCC/C=C\C/C=C\CCCCCCCCCCCCCCCCCCCCCCCCCC(=O)OC(COC(=O)CCCCCCCCCCCCCCCCCCCCCCCCCCCCCC)COP(=O)(O)OCC[N+](C)(C)C. The van der Waals surface area contributed by atoms with Crippen molar-refractivity contribution in [2.75, 3.05) is 47.5 Å². The monoisotopic (exact) mass is 1250 g/mol. The quantitative estimate of drug-likeness (QED) is 0.0211.